The Morgan fingerprint density at radius 2 is 1.76 bits per heavy atom. The summed E-state index contributed by atoms with van der Waals surface area (Å²) in [6.45, 7) is 4.78. The molecule has 196 valence electrons. The fourth-order valence-electron chi connectivity index (χ4n) is 4.61. The van der Waals surface area contributed by atoms with E-state index in [9.17, 15) is 9.59 Å². The summed E-state index contributed by atoms with van der Waals surface area (Å²) in [6, 6.07) is 22.7. The summed E-state index contributed by atoms with van der Waals surface area (Å²) >= 11 is 9.64. The Morgan fingerprint density at radius 1 is 1.00 bits per heavy atom. The zero-order valence-electron chi connectivity index (χ0n) is 20.8. The van der Waals surface area contributed by atoms with E-state index in [0.717, 1.165) is 53.5 Å². The monoisotopic (exact) mass is 594 g/mol. The highest BCUT2D eigenvalue weighted by atomic mass is 79.9. The van der Waals surface area contributed by atoms with Crippen LogP contribution in [0.3, 0.4) is 0 Å². The van der Waals surface area contributed by atoms with Gasteiger partial charge in [0.05, 0.1) is 5.69 Å². The van der Waals surface area contributed by atoms with Gasteiger partial charge in [-0.05, 0) is 48.0 Å². The number of rotatable bonds is 7. The number of para-hydroxylation sites is 2. The van der Waals surface area contributed by atoms with Gasteiger partial charge in [-0.1, -0.05) is 63.9 Å². The van der Waals surface area contributed by atoms with Gasteiger partial charge in [0.1, 0.15) is 6.54 Å². The number of nitrogens with zero attached hydrogens (tertiary/aromatic N) is 3. The molecule has 0 unspecified atom stereocenters. The van der Waals surface area contributed by atoms with E-state index in [0.29, 0.717) is 18.0 Å². The molecule has 1 N–H and O–H groups in total. The zero-order valence-corrected chi connectivity index (χ0v) is 23.1. The van der Waals surface area contributed by atoms with Gasteiger partial charge in [0.15, 0.2) is 11.5 Å². The maximum atomic E-state index is 13.3. The lowest BCUT2D eigenvalue weighted by atomic mass is 10.1. The number of hydrogen-bond acceptors (Lipinski definition) is 5. The lowest BCUT2D eigenvalue weighted by Crippen LogP contribution is -2.49. The lowest BCUT2D eigenvalue weighted by Gasteiger charge is -2.36. The van der Waals surface area contributed by atoms with Crippen LogP contribution in [0.2, 0.25) is 5.02 Å². The lowest BCUT2D eigenvalue weighted by molar-refractivity contribution is -0.123. The van der Waals surface area contributed by atoms with Crippen LogP contribution in [0.1, 0.15) is 5.56 Å². The highest BCUT2D eigenvalue weighted by Gasteiger charge is 2.31. The predicted octanol–water partition coefficient (Wildman–Crippen LogP) is 4.81. The van der Waals surface area contributed by atoms with Gasteiger partial charge < -0.3 is 15.0 Å². The molecular formula is C29H28BrClN4O3. The summed E-state index contributed by atoms with van der Waals surface area (Å²) in [5, 5.41) is 3.72. The third-order valence-electron chi connectivity index (χ3n) is 6.62. The number of ether oxygens (including phenoxy) is 1. The standard InChI is InChI=1S/C29H28BrClN4O3/c30-24-9-2-1-6-21(24)18-27-29(37)35(25-10-3-4-11-26(25)38-27)20-28(36)32-12-13-33-14-16-34(17-15-33)23-8-5-7-22(31)19-23/h1-11,18-19H,12-17,20H2,(H,32,36)/b27-18+. The van der Waals surface area contributed by atoms with E-state index in [1.807, 2.05) is 54.6 Å². The second-order valence-electron chi connectivity index (χ2n) is 9.15. The van der Waals surface area contributed by atoms with E-state index in [1.165, 1.54) is 4.90 Å². The summed E-state index contributed by atoms with van der Waals surface area (Å²) in [7, 11) is 0. The highest BCUT2D eigenvalue weighted by molar-refractivity contribution is 9.10. The van der Waals surface area contributed by atoms with Crippen LogP contribution in [0.5, 0.6) is 5.75 Å². The zero-order chi connectivity index (χ0) is 26.5. The first-order chi connectivity index (χ1) is 18.5. The van der Waals surface area contributed by atoms with Gasteiger partial charge >= 0.3 is 0 Å². The molecule has 0 aromatic heterocycles. The second-order valence-corrected chi connectivity index (χ2v) is 10.4. The van der Waals surface area contributed by atoms with Crippen LogP contribution in [0.25, 0.3) is 6.08 Å². The number of fused-ring (bicyclic) bond motifs is 1. The largest absolute Gasteiger partial charge is 0.449 e. The first kappa shape index (κ1) is 26.3. The Balaban J connectivity index is 1.17. The average Bonchev–Trinajstić information content (AvgIpc) is 2.92. The van der Waals surface area contributed by atoms with Gasteiger partial charge in [-0.3, -0.25) is 19.4 Å². The summed E-state index contributed by atoms with van der Waals surface area (Å²) in [5.41, 5.74) is 2.53. The SMILES string of the molecule is O=C(CN1C(=O)/C(=C\c2ccccc2Br)Oc2ccccc21)NCCN1CCN(c2cccc(Cl)c2)CC1. The Kier molecular flexibility index (Phi) is 8.32. The molecule has 0 radical (unpaired) electrons. The Labute approximate surface area is 235 Å². The molecule has 0 atom stereocenters. The molecule has 0 saturated carbocycles. The first-order valence-electron chi connectivity index (χ1n) is 12.5. The summed E-state index contributed by atoms with van der Waals surface area (Å²) < 4.78 is 6.77. The minimum absolute atomic E-state index is 0.0882. The van der Waals surface area contributed by atoms with Crippen LogP contribution in [-0.2, 0) is 9.59 Å². The average molecular weight is 596 g/mol. The fourth-order valence-corrected chi connectivity index (χ4v) is 5.19. The van der Waals surface area contributed by atoms with Crippen molar-refractivity contribution in [3.8, 4) is 5.75 Å². The van der Waals surface area contributed by atoms with E-state index < -0.39 is 0 Å². The van der Waals surface area contributed by atoms with Gasteiger partial charge in [0.25, 0.3) is 5.91 Å². The quantitative estimate of drug-likeness (QED) is 0.398. The van der Waals surface area contributed by atoms with Gasteiger partial charge in [-0.2, -0.15) is 0 Å². The van der Waals surface area contributed by atoms with Crippen molar-refractivity contribution in [1.29, 1.82) is 0 Å². The molecule has 3 aromatic carbocycles. The fraction of sp³-hybridized carbons (Fsp3) is 0.241. The Bertz CT molecular complexity index is 1360. The number of piperazine rings is 1. The number of halogens is 2. The van der Waals surface area contributed by atoms with E-state index in [-0.39, 0.29) is 24.1 Å². The van der Waals surface area contributed by atoms with Crippen LogP contribution in [-0.4, -0.2) is 62.5 Å². The molecule has 2 aliphatic rings. The van der Waals surface area contributed by atoms with Gasteiger partial charge in [0, 0.05) is 54.5 Å². The Morgan fingerprint density at radius 3 is 2.55 bits per heavy atom. The van der Waals surface area contributed by atoms with E-state index >= 15 is 0 Å². The van der Waals surface area contributed by atoms with Crippen LogP contribution in [0.15, 0.2) is 83.0 Å². The van der Waals surface area contributed by atoms with Crippen molar-refractivity contribution in [3.05, 3.63) is 93.6 Å². The maximum absolute atomic E-state index is 13.3. The van der Waals surface area contributed by atoms with Crippen molar-refractivity contribution in [2.75, 3.05) is 55.6 Å². The van der Waals surface area contributed by atoms with Crippen LogP contribution < -0.4 is 19.9 Å². The topological polar surface area (TPSA) is 65.1 Å². The normalized spacial score (nSPS) is 16.8. The smallest absolute Gasteiger partial charge is 0.294 e. The summed E-state index contributed by atoms with van der Waals surface area (Å²) in [5.74, 6) is 0.136. The number of carbonyl (C=O) groups is 2. The molecule has 0 spiro atoms. The molecule has 38 heavy (non-hydrogen) atoms. The maximum Gasteiger partial charge on any atom is 0.294 e. The van der Waals surface area contributed by atoms with E-state index in [4.69, 9.17) is 16.3 Å². The molecule has 2 aliphatic heterocycles. The van der Waals surface area contributed by atoms with Crippen molar-refractivity contribution in [2.45, 2.75) is 0 Å². The molecule has 2 amide bonds. The molecule has 3 aromatic rings. The number of benzene rings is 3. The Hall–Kier alpha value is -3.33. The molecule has 0 bridgehead atoms. The van der Waals surface area contributed by atoms with Crippen molar-refractivity contribution in [2.24, 2.45) is 0 Å². The van der Waals surface area contributed by atoms with Crippen molar-refractivity contribution in [3.63, 3.8) is 0 Å². The summed E-state index contributed by atoms with van der Waals surface area (Å²) in [6.07, 6.45) is 1.69. The number of carbonyl (C=O) groups excluding carboxylic acids is 2. The van der Waals surface area contributed by atoms with E-state index in [2.05, 4.69) is 37.1 Å². The molecule has 7 nitrogen and oxygen atoms in total. The highest BCUT2D eigenvalue weighted by Crippen LogP contribution is 2.35. The minimum atomic E-state index is -0.355. The third-order valence-corrected chi connectivity index (χ3v) is 7.58. The molecule has 0 aliphatic carbocycles. The van der Waals surface area contributed by atoms with Crippen molar-refractivity contribution < 1.29 is 14.3 Å². The number of nitrogens with one attached hydrogen (secondary N) is 1. The molecule has 9 heteroatoms. The molecule has 1 saturated heterocycles. The number of hydrogen-bond donors (Lipinski definition) is 1. The molecule has 1 fully saturated rings. The second kappa shape index (κ2) is 12.0. The van der Waals surface area contributed by atoms with Crippen LogP contribution in [0.4, 0.5) is 11.4 Å². The molecular weight excluding hydrogens is 568 g/mol. The molecule has 5 rings (SSSR count). The van der Waals surface area contributed by atoms with Crippen molar-refractivity contribution in [1.82, 2.24) is 10.2 Å². The van der Waals surface area contributed by atoms with Gasteiger partial charge in [-0.25, -0.2) is 0 Å². The minimum Gasteiger partial charge on any atom is -0.449 e. The van der Waals surface area contributed by atoms with Crippen LogP contribution >= 0.6 is 27.5 Å². The number of amides is 2. The first-order valence-corrected chi connectivity index (χ1v) is 13.7. The van der Waals surface area contributed by atoms with Gasteiger partial charge in [0.2, 0.25) is 5.91 Å². The number of anilines is 2. The van der Waals surface area contributed by atoms with E-state index in [1.54, 1.807) is 18.2 Å². The molecule has 2 heterocycles. The van der Waals surface area contributed by atoms with Crippen LogP contribution in [0, 0.1) is 0 Å². The summed E-state index contributed by atoms with van der Waals surface area (Å²) in [4.78, 5) is 32.4. The van der Waals surface area contributed by atoms with Gasteiger partial charge in [-0.15, -0.1) is 0 Å². The predicted molar refractivity (Wildman–Crippen MR) is 155 cm³/mol. The third kappa shape index (κ3) is 6.20. The van der Waals surface area contributed by atoms with Crippen molar-refractivity contribution >= 4 is 56.8 Å².